The summed E-state index contributed by atoms with van der Waals surface area (Å²) < 4.78 is 15.6. The number of pyridine rings is 1. The van der Waals surface area contributed by atoms with Crippen LogP contribution in [0.1, 0.15) is 42.2 Å². The summed E-state index contributed by atoms with van der Waals surface area (Å²) in [6, 6.07) is 10.7. The van der Waals surface area contributed by atoms with E-state index in [0.717, 1.165) is 19.3 Å². The maximum absolute atomic E-state index is 12.3. The van der Waals surface area contributed by atoms with Gasteiger partial charge in [0.15, 0.2) is 23.2 Å². The Morgan fingerprint density at radius 2 is 2.03 bits per heavy atom. The monoisotopic (exact) mass is 460 g/mol. The fraction of sp³-hybridized carbons (Fsp3) is 0.458. The van der Waals surface area contributed by atoms with Gasteiger partial charge in [-0.1, -0.05) is 30.3 Å². The number of aromatic nitrogens is 1. The maximum atomic E-state index is 12.3. The van der Waals surface area contributed by atoms with Crippen molar-refractivity contribution in [1.82, 2.24) is 10.3 Å². The van der Waals surface area contributed by atoms with Gasteiger partial charge < -0.3 is 29.7 Å². The number of aliphatic hydroxyl groups is 1. The van der Waals surface area contributed by atoms with Gasteiger partial charge in [0.25, 0.3) is 5.91 Å². The number of rotatable bonds is 6. The van der Waals surface area contributed by atoms with E-state index in [-0.39, 0.29) is 30.8 Å². The number of esters is 1. The average Bonchev–Trinajstić information content (AvgIpc) is 2.89. The molecule has 2 heterocycles. The number of aliphatic hydroxyl groups excluding tert-OH is 1. The van der Waals surface area contributed by atoms with Crippen molar-refractivity contribution in [3.05, 3.63) is 53.9 Å². The first-order valence-corrected chi connectivity index (χ1v) is 10.9. The SMILES string of the molecule is COc1ccnc(C(=O)N[C@H]2COCCCC(C)OC2=O)c1O.OCCCc1ccccc1. The van der Waals surface area contributed by atoms with Crippen LogP contribution in [0.3, 0.4) is 0 Å². The molecule has 3 rings (SSSR count). The van der Waals surface area contributed by atoms with Gasteiger partial charge in [0.1, 0.15) is 0 Å². The van der Waals surface area contributed by atoms with Crippen LogP contribution >= 0.6 is 0 Å². The van der Waals surface area contributed by atoms with E-state index in [1.807, 2.05) is 18.2 Å². The Labute approximate surface area is 193 Å². The summed E-state index contributed by atoms with van der Waals surface area (Å²) in [4.78, 5) is 28.2. The Hall–Kier alpha value is -3.17. The largest absolute Gasteiger partial charge is 0.503 e. The fourth-order valence-corrected chi connectivity index (χ4v) is 3.10. The highest BCUT2D eigenvalue weighted by Crippen LogP contribution is 2.27. The molecule has 2 atom stereocenters. The number of carbonyl (C=O) groups is 2. The summed E-state index contributed by atoms with van der Waals surface area (Å²) in [6.45, 7) is 2.56. The van der Waals surface area contributed by atoms with E-state index in [1.165, 1.54) is 24.9 Å². The average molecular weight is 461 g/mol. The van der Waals surface area contributed by atoms with Crippen LogP contribution in [0.2, 0.25) is 0 Å². The van der Waals surface area contributed by atoms with Crippen LogP contribution < -0.4 is 10.1 Å². The van der Waals surface area contributed by atoms with E-state index in [2.05, 4.69) is 22.4 Å². The second-order valence-corrected chi connectivity index (χ2v) is 7.51. The number of carbonyl (C=O) groups excluding carboxylic acids is 2. The molecule has 2 aromatic rings. The highest BCUT2D eigenvalue weighted by molar-refractivity contribution is 5.98. The first-order chi connectivity index (χ1) is 16.0. The molecule has 0 bridgehead atoms. The Morgan fingerprint density at radius 3 is 2.73 bits per heavy atom. The number of aryl methyl sites for hydroxylation is 1. The number of methoxy groups -OCH3 is 1. The first-order valence-electron chi connectivity index (χ1n) is 10.9. The summed E-state index contributed by atoms with van der Waals surface area (Å²) in [6.07, 6.45) is 4.40. The van der Waals surface area contributed by atoms with Gasteiger partial charge in [-0.05, 0) is 38.2 Å². The number of ether oxygens (including phenoxy) is 3. The lowest BCUT2D eigenvalue weighted by Gasteiger charge is -2.18. The minimum absolute atomic E-state index is 0.00201. The molecule has 1 unspecified atom stereocenters. The van der Waals surface area contributed by atoms with E-state index in [1.54, 1.807) is 6.92 Å². The van der Waals surface area contributed by atoms with Gasteiger partial charge >= 0.3 is 5.97 Å². The standard InChI is InChI=1S/C15H20N2O6.C9H12O/c1-9-4-3-7-22-8-10(15(20)23-9)17-14(19)12-13(18)11(21-2)5-6-16-12;10-8-4-7-9-5-2-1-3-6-9/h5-6,9-10,18H,3-4,7-8H2,1-2H3,(H,17,19);1-3,5-6,10H,4,7-8H2/t9?,10-;/m0./s1. The molecule has 1 fully saturated rings. The number of hydrogen-bond donors (Lipinski definition) is 3. The zero-order chi connectivity index (χ0) is 24.1. The van der Waals surface area contributed by atoms with Gasteiger partial charge in [0, 0.05) is 25.5 Å². The molecule has 3 N–H and O–H groups in total. The first kappa shape index (κ1) is 26.1. The van der Waals surface area contributed by atoms with Crippen LogP contribution in [-0.2, 0) is 20.7 Å². The van der Waals surface area contributed by atoms with E-state index in [0.29, 0.717) is 13.0 Å². The number of hydrogen-bond acceptors (Lipinski definition) is 8. The molecule has 1 aromatic carbocycles. The van der Waals surface area contributed by atoms with Gasteiger partial charge in [0.05, 0.1) is 19.8 Å². The van der Waals surface area contributed by atoms with Crippen molar-refractivity contribution < 1.29 is 34.0 Å². The molecule has 9 heteroatoms. The van der Waals surface area contributed by atoms with E-state index in [9.17, 15) is 14.7 Å². The fourth-order valence-electron chi connectivity index (χ4n) is 3.10. The maximum Gasteiger partial charge on any atom is 0.331 e. The lowest BCUT2D eigenvalue weighted by atomic mass is 10.1. The molecule has 33 heavy (non-hydrogen) atoms. The Kier molecular flexibility index (Phi) is 11.1. The number of aromatic hydroxyl groups is 1. The van der Waals surface area contributed by atoms with Crippen molar-refractivity contribution in [2.24, 2.45) is 0 Å². The molecule has 1 aromatic heterocycles. The lowest BCUT2D eigenvalue weighted by Crippen LogP contribution is -2.45. The third kappa shape index (κ3) is 8.70. The van der Waals surface area contributed by atoms with Gasteiger partial charge in [-0.2, -0.15) is 0 Å². The Balaban J connectivity index is 0.000000321. The summed E-state index contributed by atoms with van der Waals surface area (Å²) in [5, 5.41) is 21.0. The van der Waals surface area contributed by atoms with Crippen molar-refractivity contribution >= 4 is 11.9 Å². The predicted octanol–water partition coefficient (Wildman–Crippen LogP) is 2.25. The molecule has 0 saturated carbocycles. The van der Waals surface area contributed by atoms with Gasteiger partial charge in [-0.15, -0.1) is 0 Å². The van der Waals surface area contributed by atoms with Crippen molar-refractivity contribution in [1.29, 1.82) is 0 Å². The third-order valence-corrected chi connectivity index (χ3v) is 4.88. The second-order valence-electron chi connectivity index (χ2n) is 7.51. The smallest absolute Gasteiger partial charge is 0.331 e. The van der Waals surface area contributed by atoms with E-state index >= 15 is 0 Å². The van der Waals surface area contributed by atoms with Crippen molar-refractivity contribution in [3.63, 3.8) is 0 Å². The minimum atomic E-state index is -0.963. The summed E-state index contributed by atoms with van der Waals surface area (Å²) >= 11 is 0. The zero-order valence-corrected chi connectivity index (χ0v) is 19.0. The number of benzene rings is 1. The van der Waals surface area contributed by atoms with Crippen LogP contribution in [0.5, 0.6) is 11.5 Å². The quantitative estimate of drug-likeness (QED) is 0.560. The zero-order valence-electron chi connectivity index (χ0n) is 19.0. The molecule has 0 spiro atoms. The summed E-state index contributed by atoms with van der Waals surface area (Å²) in [5.41, 5.74) is 1.07. The number of nitrogens with zero attached hydrogens (tertiary/aromatic N) is 1. The highest BCUT2D eigenvalue weighted by Gasteiger charge is 2.28. The van der Waals surface area contributed by atoms with Gasteiger partial charge in [0.2, 0.25) is 0 Å². The molecule has 180 valence electrons. The molecule has 1 aliphatic rings. The molecule has 0 aliphatic carbocycles. The van der Waals surface area contributed by atoms with E-state index in [4.69, 9.17) is 19.3 Å². The number of nitrogens with one attached hydrogen (secondary N) is 1. The van der Waals surface area contributed by atoms with Crippen molar-refractivity contribution in [2.45, 2.75) is 44.8 Å². The van der Waals surface area contributed by atoms with Gasteiger partial charge in [-0.3, -0.25) is 4.79 Å². The number of cyclic esters (lactones) is 1. The van der Waals surface area contributed by atoms with Crippen LogP contribution in [0.25, 0.3) is 0 Å². The molecule has 1 amide bonds. The highest BCUT2D eigenvalue weighted by atomic mass is 16.5. The molecular weight excluding hydrogens is 428 g/mol. The molecule has 1 aliphatic heterocycles. The second kappa shape index (κ2) is 14.1. The van der Waals surface area contributed by atoms with E-state index < -0.39 is 23.7 Å². The summed E-state index contributed by atoms with van der Waals surface area (Å²) in [5.74, 6) is -1.56. The van der Waals surface area contributed by atoms with Crippen LogP contribution in [0, 0.1) is 0 Å². The van der Waals surface area contributed by atoms with Crippen LogP contribution in [0.4, 0.5) is 0 Å². The third-order valence-electron chi connectivity index (χ3n) is 4.88. The molecule has 9 nitrogen and oxygen atoms in total. The summed E-state index contributed by atoms with van der Waals surface area (Å²) in [7, 11) is 1.36. The Morgan fingerprint density at radius 1 is 1.27 bits per heavy atom. The topological polar surface area (TPSA) is 127 Å². The number of amides is 1. The molecule has 0 radical (unpaired) electrons. The van der Waals surface area contributed by atoms with Crippen LogP contribution in [0.15, 0.2) is 42.6 Å². The lowest BCUT2D eigenvalue weighted by molar-refractivity contribution is -0.151. The molecule has 1 saturated heterocycles. The molecular formula is C24H32N2O7. The Bertz CT molecular complexity index is 876. The van der Waals surface area contributed by atoms with Gasteiger partial charge in [-0.25, -0.2) is 9.78 Å². The van der Waals surface area contributed by atoms with Crippen molar-refractivity contribution in [2.75, 3.05) is 26.9 Å². The normalized spacial score (nSPS) is 18.5. The van der Waals surface area contributed by atoms with Crippen LogP contribution in [-0.4, -0.2) is 66.1 Å². The van der Waals surface area contributed by atoms with Crippen molar-refractivity contribution in [3.8, 4) is 11.5 Å². The predicted molar refractivity (Wildman–Crippen MR) is 121 cm³/mol. The minimum Gasteiger partial charge on any atom is -0.503 e.